The monoisotopic (exact) mass is 584 g/mol. The number of benzene rings is 2. The zero-order chi connectivity index (χ0) is 28.8. The second kappa shape index (κ2) is 10.2. The van der Waals surface area contributed by atoms with Gasteiger partial charge in [-0.05, 0) is 30.3 Å². The van der Waals surface area contributed by atoms with Crippen LogP contribution in [0.25, 0.3) is 10.1 Å². The average molecular weight is 584 g/mol. The van der Waals surface area contributed by atoms with Crippen LogP contribution in [0, 0.1) is 10.1 Å². The highest BCUT2D eigenvalue weighted by Gasteiger charge is 2.37. The van der Waals surface area contributed by atoms with Crippen LogP contribution in [0.4, 0.5) is 45.9 Å². The van der Waals surface area contributed by atoms with Gasteiger partial charge < -0.3 is 9.64 Å². The van der Waals surface area contributed by atoms with E-state index < -0.39 is 63.4 Å². The molecular weight excluding hydrogens is 568 g/mol. The van der Waals surface area contributed by atoms with Gasteiger partial charge in [0.1, 0.15) is 10.4 Å². The Balaban J connectivity index is 1.48. The molecule has 0 spiro atoms. The van der Waals surface area contributed by atoms with E-state index in [9.17, 15) is 50.0 Å². The number of rotatable bonds is 6. The highest BCUT2D eigenvalue weighted by Crippen LogP contribution is 2.39. The number of alkyl halides is 8. The van der Waals surface area contributed by atoms with E-state index in [-0.39, 0.29) is 36.0 Å². The molecule has 1 aliphatic rings. The summed E-state index contributed by atoms with van der Waals surface area (Å²) in [5.74, 6) is -4.07. The number of hydrogen-bond acceptors (Lipinski definition) is 8. The molecule has 3 aromatic rings. The van der Waals surface area contributed by atoms with Crippen LogP contribution in [0.15, 0.2) is 41.2 Å². The summed E-state index contributed by atoms with van der Waals surface area (Å²) in [4.78, 5) is 29.6. The number of fused-ring (bicyclic) bond motifs is 1. The molecule has 210 valence electrons. The molecule has 0 saturated carbocycles. The Labute approximate surface area is 217 Å². The predicted octanol–water partition coefficient (Wildman–Crippen LogP) is 5.40. The fraction of sp³-hybridized carbons (Fsp3) is 0.364. The van der Waals surface area contributed by atoms with Gasteiger partial charge in [0.05, 0.1) is 22.4 Å². The van der Waals surface area contributed by atoms with Gasteiger partial charge in [-0.15, -0.1) is 13.2 Å². The minimum Gasteiger partial charge on any atom is -0.406 e. The van der Waals surface area contributed by atoms with E-state index in [1.54, 1.807) is 0 Å². The number of piperazine rings is 1. The van der Waals surface area contributed by atoms with Crippen LogP contribution in [0.1, 0.15) is 11.1 Å². The van der Waals surface area contributed by atoms with Crippen LogP contribution in [0.5, 0.6) is 5.75 Å². The second-order valence-corrected chi connectivity index (χ2v) is 9.45. The van der Waals surface area contributed by atoms with Crippen molar-refractivity contribution in [2.75, 3.05) is 37.6 Å². The Morgan fingerprint density at radius 2 is 1.56 bits per heavy atom. The number of nitro groups is 1. The molecule has 0 radical (unpaired) electrons. The summed E-state index contributed by atoms with van der Waals surface area (Å²) in [6.07, 6.45) is -9.89. The third-order valence-electron chi connectivity index (χ3n) is 5.79. The van der Waals surface area contributed by atoms with Gasteiger partial charge in [0, 0.05) is 37.8 Å². The smallest absolute Gasteiger partial charge is 0.406 e. The first-order chi connectivity index (χ1) is 18.0. The van der Waals surface area contributed by atoms with Gasteiger partial charge in [0.15, 0.2) is 5.13 Å². The van der Waals surface area contributed by atoms with Crippen molar-refractivity contribution >= 4 is 32.2 Å². The maximum Gasteiger partial charge on any atom is 0.573 e. The summed E-state index contributed by atoms with van der Waals surface area (Å²) in [7, 11) is 0. The Kier molecular flexibility index (Phi) is 7.41. The average Bonchev–Trinajstić information content (AvgIpc) is 2.82. The molecule has 17 heteroatoms. The summed E-state index contributed by atoms with van der Waals surface area (Å²) in [5.41, 5.74) is -3.90. The van der Waals surface area contributed by atoms with E-state index in [0.717, 1.165) is 24.3 Å². The maximum absolute atomic E-state index is 14.8. The van der Waals surface area contributed by atoms with Crippen LogP contribution in [-0.2, 0) is 12.1 Å². The van der Waals surface area contributed by atoms with E-state index >= 15 is 0 Å². The number of anilines is 1. The largest absolute Gasteiger partial charge is 0.573 e. The molecule has 0 unspecified atom stereocenters. The molecule has 1 saturated heterocycles. The molecule has 1 aliphatic heterocycles. The number of non-ortho nitro benzene ring substituents is 1. The molecule has 4 rings (SSSR count). The first-order valence-corrected chi connectivity index (χ1v) is 11.8. The molecule has 2 aromatic carbocycles. The number of aromatic nitrogens is 1. The second-order valence-electron chi connectivity index (χ2n) is 8.47. The van der Waals surface area contributed by atoms with Gasteiger partial charge in [-0.2, -0.15) is 26.9 Å². The quantitative estimate of drug-likeness (QED) is 0.218. The summed E-state index contributed by atoms with van der Waals surface area (Å²) < 4.78 is 109. The van der Waals surface area contributed by atoms with Gasteiger partial charge in [0.25, 0.3) is 17.2 Å². The minimum atomic E-state index is -4.96. The Morgan fingerprint density at radius 3 is 2.10 bits per heavy atom. The summed E-state index contributed by atoms with van der Waals surface area (Å²) in [5, 5.41) is 10.9. The molecule has 2 heterocycles. The lowest BCUT2D eigenvalue weighted by Gasteiger charge is -2.36. The topological polar surface area (TPSA) is 88.8 Å². The summed E-state index contributed by atoms with van der Waals surface area (Å²) in [6.45, 7) is -0.552. The van der Waals surface area contributed by atoms with Crippen molar-refractivity contribution in [1.82, 2.24) is 9.88 Å². The van der Waals surface area contributed by atoms with Gasteiger partial charge in [-0.3, -0.25) is 19.8 Å². The fourth-order valence-electron chi connectivity index (χ4n) is 3.95. The van der Waals surface area contributed by atoms with Crippen LogP contribution >= 0.6 is 11.3 Å². The molecule has 0 N–H and O–H groups in total. The van der Waals surface area contributed by atoms with Crippen molar-refractivity contribution in [1.29, 1.82) is 0 Å². The third-order valence-corrected chi connectivity index (χ3v) is 6.95. The molecule has 39 heavy (non-hydrogen) atoms. The van der Waals surface area contributed by atoms with E-state index in [1.807, 2.05) is 0 Å². The van der Waals surface area contributed by atoms with Crippen LogP contribution in [0.2, 0.25) is 0 Å². The highest BCUT2D eigenvalue weighted by atomic mass is 32.1. The SMILES string of the molecule is O=c1nc(N2CCN(CC(F)(F)c3ccc(OC(F)(F)F)cc3)CC2)sc2c([N+](=O)[O-])cc(C(F)(F)F)cc12. The molecule has 8 nitrogen and oxygen atoms in total. The zero-order valence-corrected chi connectivity index (χ0v) is 20.2. The van der Waals surface area contributed by atoms with Crippen LogP contribution in [0.3, 0.4) is 0 Å². The standard InChI is InChI=1S/C22H16F8N4O4S/c23-20(24,12-1-3-14(4-2-12)38-22(28,29)30)11-32-5-7-33(8-6-32)19-31-18(35)15-9-13(21(25,26)27)10-16(34(36)37)17(15)39-19/h1-4,9-10H,5-8,11H2. The van der Waals surface area contributed by atoms with Crippen molar-refractivity contribution in [3.63, 3.8) is 0 Å². The number of halogens is 8. The van der Waals surface area contributed by atoms with E-state index in [2.05, 4.69) is 9.72 Å². The van der Waals surface area contributed by atoms with Crippen molar-refractivity contribution in [3.8, 4) is 5.75 Å². The Hall–Kier alpha value is -3.60. The lowest BCUT2D eigenvalue weighted by molar-refractivity contribution is -0.383. The Bertz CT molecular complexity index is 1440. The molecular formula is C22H16F8N4O4S. The number of nitrogens with zero attached hydrogens (tertiary/aromatic N) is 4. The third kappa shape index (κ3) is 6.52. The van der Waals surface area contributed by atoms with Crippen molar-refractivity contribution in [2.45, 2.75) is 18.5 Å². The molecule has 1 fully saturated rings. The van der Waals surface area contributed by atoms with E-state index in [1.165, 1.54) is 9.80 Å². The maximum atomic E-state index is 14.8. The van der Waals surface area contributed by atoms with Crippen molar-refractivity contribution in [2.24, 2.45) is 0 Å². The first-order valence-electron chi connectivity index (χ1n) is 11.0. The van der Waals surface area contributed by atoms with Gasteiger partial charge in [0.2, 0.25) is 0 Å². The van der Waals surface area contributed by atoms with Crippen molar-refractivity contribution in [3.05, 3.63) is 68.0 Å². The lowest BCUT2D eigenvalue weighted by atomic mass is 10.1. The van der Waals surface area contributed by atoms with E-state index in [4.69, 9.17) is 0 Å². The Morgan fingerprint density at radius 1 is 0.949 bits per heavy atom. The number of ether oxygens (including phenoxy) is 1. The lowest BCUT2D eigenvalue weighted by Crippen LogP contribution is -2.49. The van der Waals surface area contributed by atoms with Crippen LogP contribution in [-0.4, -0.2) is 53.9 Å². The van der Waals surface area contributed by atoms with Gasteiger partial charge in [-0.1, -0.05) is 11.3 Å². The zero-order valence-electron chi connectivity index (χ0n) is 19.4. The number of nitro benzene ring substituents is 1. The molecule has 0 bridgehead atoms. The van der Waals surface area contributed by atoms with Crippen molar-refractivity contribution < 1.29 is 44.8 Å². The first kappa shape index (κ1) is 28.4. The minimum absolute atomic E-state index is 0.0120. The normalized spacial score (nSPS) is 15.5. The highest BCUT2D eigenvalue weighted by molar-refractivity contribution is 7.22. The van der Waals surface area contributed by atoms with Gasteiger partial charge in [-0.25, -0.2) is 0 Å². The molecule has 0 atom stereocenters. The number of hydrogen-bond donors (Lipinski definition) is 0. The predicted molar refractivity (Wildman–Crippen MR) is 123 cm³/mol. The van der Waals surface area contributed by atoms with Crippen LogP contribution < -0.4 is 15.2 Å². The molecule has 1 aromatic heterocycles. The summed E-state index contributed by atoms with van der Waals surface area (Å²) in [6, 6.07) is 4.04. The van der Waals surface area contributed by atoms with Gasteiger partial charge >= 0.3 is 12.5 Å². The summed E-state index contributed by atoms with van der Waals surface area (Å²) >= 11 is 0.645. The molecule has 0 aliphatic carbocycles. The molecule has 0 amide bonds. The van der Waals surface area contributed by atoms with E-state index in [0.29, 0.717) is 23.5 Å². The fourth-order valence-corrected chi connectivity index (χ4v) is 5.06.